The van der Waals surface area contributed by atoms with Gasteiger partial charge in [0.25, 0.3) is 0 Å². The number of ether oxygens (including phenoxy) is 1. The SMILES string of the molecule is COc1cccc(Cl)c1CNC(=O)Cc1ccc(S)cc1. The maximum atomic E-state index is 12.0. The lowest BCUT2D eigenvalue weighted by Gasteiger charge is -2.11. The summed E-state index contributed by atoms with van der Waals surface area (Å²) in [6, 6.07) is 12.9. The van der Waals surface area contributed by atoms with E-state index in [2.05, 4.69) is 17.9 Å². The Morgan fingerprint density at radius 2 is 1.95 bits per heavy atom. The number of benzene rings is 2. The van der Waals surface area contributed by atoms with Crippen LogP contribution in [0.2, 0.25) is 5.02 Å². The number of hydrogen-bond acceptors (Lipinski definition) is 3. The van der Waals surface area contributed by atoms with Crippen LogP contribution in [0.5, 0.6) is 5.75 Å². The van der Waals surface area contributed by atoms with Gasteiger partial charge in [-0.05, 0) is 29.8 Å². The molecule has 0 aliphatic rings. The van der Waals surface area contributed by atoms with Gasteiger partial charge in [0.05, 0.1) is 13.5 Å². The summed E-state index contributed by atoms with van der Waals surface area (Å²) in [7, 11) is 1.58. The van der Waals surface area contributed by atoms with Crippen LogP contribution in [0.15, 0.2) is 47.4 Å². The summed E-state index contributed by atoms with van der Waals surface area (Å²) in [6.45, 7) is 0.340. The second-order valence-corrected chi connectivity index (χ2v) is 5.46. The standard InChI is InChI=1S/C16H16ClNO2S/c1-20-15-4-2-3-14(17)13(15)10-18-16(19)9-11-5-7-12(21)8-6-11/h2-8,21H,9-10H2,1H3,(H,18,19). The third kappa shape index (κ3) is 4.41. The van der Waals surface area contributed by atoms with Crippen LogP contribution in [-0.4, -0.2) is 13.0 Å². The van der Waals surface area contributed by atoms with Crippen LogP contribution in [0.25, 0.3) is 0 Å². The molecule has 0 atom stereocenters. The summed E-state index contributed by atoms with van der Waals surface area (Å²) in [4.78, 5) is 12.8. The number of hydrogen-bond donors (Lipinski definition) is 2. The van der Waals surface area contributed by atoms with Gasteiger partial charge in [0.15, 0.2) is 0 Å². The van der Waals surface area contributed by atoms with Crippen LogP contribution in [0.3, 0.4) is 0 Å². The van der Waals surface area contributed by atoms with E-state index in [4.69, 9.17) is 16.3 Å². The smallest absolute Gasteiger partial charge is 0.224 e. The minimum atomic E-state index is -0.0658. The summed E-state index contributed by atoms with van der Waals surface area (Å²) >= 11 is 10.3. The Labute approximate surface area is 134 Å². The van der Waals surface area contributed by atoms with Crippen molar-refractivity contribution >= 4 is 30.1 Å². The molecule has 0 bridgehead atoms. The Kier molecular flexibility index (Phi) is 5.53. The number of amides is 1. The molecule has 1 amide bonds. The highest BCUT2D eigenvalue weighted by Gasteiger charge is 2.09. The Morgan fingerprint density at radius 1 is 1.24 bits per heavy atom. The molecule has 0 radical (unpaired) electrons. The number of halogens is 1. The van der Waals surface area contributed by atoms with Crippen molar-refractivity contribution < 1.29 is 9.53 Å². The zero-order valence-electron chi connectivity index (χ0n) is 11.6. The van der Waals surface area contributed by atoms with Crippen molar-refractivity contribution in [3.8, 4) is 5.75 Å². The van der Waals surface area contributed by atoms with Gasteiger partial charge in [0.2, 0.25) is 5.91 Å². The van der Waals surface area contributed by atoms with Gasteiger partial charge in [0, 0.05) is 22.0 Å². The van der Waals surface area contributed by atoms with E-state index in [1.165, 1.54) is 0 Å². The molecule has 0 heterocycles. The van der Waals surface area contributed by atoms with Crippen LogP contribution >= 0.6 is 24.2 Å². The predicted molar refractivity (Wildman–Crippen MR) is 87.2 cm³/mol. The van der Waals surface area contributed by atoms with Crippen molar-refractivity contribution in [2.24, 2.45) is 0 Å². The summed E-state index contributed by atoms with van der Waals surface area (Å²) in [5.41, 5.74) is 1.72. The Morgan fingerprint density at radius 3 is 2.62 bits per heavy atom. The Bertz CT molecular complexity index is 629. The van der Waals surface area contributed by atoms with Gasteiger partial charge in [-0.3, -0.25) is 4.79 Å². The zero-order chi connectivity index (χ0) is 15.2. The van der Waals surface area contributed by atoms with Gasteiger partial charge in [0.1, 0.15) is 5.75 Å². The fourth-order valence-corrected chi connectivity index (χ4v) is 2.33. The Hall–Kier alpha value is -1.65. The molecule has 0 aliphatic carbocycles. The normalized spacial score (nSPS) is 10.2. The number of rotatable bonds is 5. The maximum Gasteiger partial charge on any atom is 0.224 e. The molecule has 0 spiro atoms. The molecule has 21 heavy (non-hydrogen) atoms. The van der Waals surface area contributed by atoms with Crippen molar-refractivity contribution in [2.45, 2.75) is 17.9 Å². The first kappa shape index (κ1) is 15.7. The second kappa shape index (κ2) is 7.38. The lowest BCUT2D eigenvalue weighted by atomic mass is 10.1. The van der Waals surface area contributed by atoms with E-state index < -0.39 is 0 Å². The minimum Gasteiger partial charge on any atom is -0.496 e. The molecule has 0 saturated heterocycles. The van der Waals surface area contributed by atoms with Gasteiger partial charge in [-0.1, -0.05) is 29.8 Å². The molecular weight excluding hydrogens is 306 g/mol. The number of carbonyl (C=O) groups excluding carboxylic acids is 1. The first-order valence-corrected chi connectivity index (χ1v) is 7.28. The third-order valence-electron chi connectivity index (χ3n) is 3.06. The largest absolute Gasteiger partial charge is 0.496 e. The molecular formula is C16H16ClNO2S. The van der Waals surface area contributed by atoms with Gasteiger partial charge in [-0.15, -0.1) is 12.6 Å². The van der Waals surface area contributed by atoms with Crippen molar-refractivity contribution in [3.63, 3.8) is 0 Å². The molecule has 1 N–H and O–H groups in total. The molecule has 0 saturated carbocycles. The number of methoxy groups -OCH3 is 1. The maximum absolute atomic E-state index is 12.0. The monoisotopic (exact) mass is 321 g/mol. The fraction of sp³-hybridized carbons (Fsp3) is 0.188. The van der Waals surface area contributed by atoms with E-state index in [9.17, 15) is 4.79 Å². The van der Waals surface area contributed by atoms with Crippen molar-refractivity contribution in [1.82, 2.24) is 5.32 Å². The van der Waals surface area contributed by atoms with Crippen LogP contribution in [0, 0.1) is 0 Å². The minimum absolute atomic E-state index is 0.0658. The van der Waals surface area contributed by atoms with E-state index in [1.807, 2.05) is 36.4 Å². The summed E-state index contributed by atoms with van der Waals surface area (Å²) in [5.74, 6) is 0.603. The highest BCUT2D eigenvalue weighted by molar-refractivity contribution is 7.80. The van der Waals surface area contributed by atoms with Crippen molar-refractivity contribution in [1.29, 1.82) is 0 Å². The zero-order valence-corrected chi connectivity index (χ0v) is 13.2. The molecule has 0 unspecified atom stereocenters. The average Bonchev–Trinajstić information content (AvgIpc) is 2.48. The number of carbonyl (C=O) groups is 1. The lowest BCUT2D eigenvalue weighted by molar-refractivity contribution is -0.120. The molecule has 3 nitrogen and oxygen atoms in total. The van der Waals surface area contributed by atoms with Gasteiger partial charge < -0.3 is 10.1 Å². The predicted octanol–water partition coefficient (Wildman–Crippen LogP) is 3.50. The van der Waals surface area contributed by atoms with Gasteiger partial charge in [-0.2, -0.15) is 0 Å². The average molecular weight is 322 g/mol. The first-order chi connectivity index (χ1) is 10.1. The van der Waals surface area contributed by atoms with E-state index in [1.54, 1.807) is 13.2 Å². The molecule has 5 heteroatoms. The lowest BCUT2D eigenvalue weighted by Crippen LogP contribution is -2.24. The summed E-state index contributed by atoms with van der Waals surface area (Å²) in [5, 5.41) is 3.43. The molecule has 2 aromatic rings. The van der Waals surface area contributed by atoms with Gasteiger partial charge >= 0.3 is 0 Å². The molecule has 110 valence electrons. The van der Waals surface area contributed by atoms with Crippen LogP contribution in [-0.2, 0) is 17.8 Å². The molecule has 0 fully saturated rings. The molecule has 2 aromatic carbocycles. The van der Waals surface area contributed by atoms with Crippen molar-refractivity contribution in [2.75, 3.05) is 7.11 Å². The fourth-order valence-electron chi connectivity index (χ4n) is 1.95. The molecule has 0 aromatic heterocycles. The quantitative estimate of drug-likeness (QED) is 0.827. The van der Waals surface area contributed by atoms with Crippen LogP contribution < -0.4 is 10.1 Å². The Balaban J connectivity index is 1.97. The van der Waals surface area contributed by atoms with Crippen molar-refractivity contribution in [3.05, 3.63) is 58.6 Å². The van der Waals surface area contributed by atoms with E-state index in [0.717, 1.165) is 16.0 Å². The highest BCUT2D eigenvalue weighted by Crippen LogP contribution is 2.25. The summed E-state index contributed by atoms with van der Waals surface area (Å²) < 4.78 is 5.25. The van der Waals surface area contributed by atoms with E-state index in [0.29, 0.717) is 23.7 Å². The topological polar surface area (TPSA) is 38.3 Å². The molecule has 2 rings (SSSR count). The van der Waals surface area contributed by atoms with Crippen LogP contribution in [0.1, 0.15) is 11.1 Å². The summed E-state index contributed by atoms with van der Waals surface area (Å²) in [6.07, 6.45) is 0.320. The molecule has 0 aliphatic heterocycles. The van der Waals surface area contributed by atoms with E-state index in [-0.39, 0.29) is 5.91 Å². The second-order valence-electron chi connectivity index (χ2n) is 4.54. The van der Waals surface area contributed by atoms with Crippen LogP contribution in [0.4, 0.5) is 0 Å². The van der Waals surface area contributed by atoms with Gasteiger partial charge in [-0.25, -0.2) is 0 Å². The highest BCUT2D eigenvalue weighted by atomic mass is 35.5. The first-order valence-electron chi connectivity index (χ1n) is 6.46. The van der Waals surface area contributed by atoms with E-state index >= 15 is 0 Å². The number of thiol groups is 1. The number of nitrogens with one attached hydrogen (secondary N) is 1. The third-order valence-corrected chi connectivity index (χ3v) is 3.71.